The summed E-state index contributed by atoms with van der Waals surface area (Å²) in [7, 11) is 0. The maximum absolute atomic E-state index is 12.6. The van der Waals surface area contributed by atoms with Crippen LogP contribution in [-0.4, -0.2) is 47.0 Å². The maximum atomic E-state index is 12.6. The van der Waals surface area contributed by atoms with Crippen molar-refractivity contribution in [2.24, 2.45) is 0 Å². The molecule has 0 saturated carbocycles. The van der Waals surface area contributed by atoms with Crippen LogP contribution in [0.15, 0.2) is 28.8 Å². The van der Waals surface area contributed by atoms with Gasteiger partial charge in [0.1, 0.15) is 5.76 Å². The molecule has 0 N–H and O–H groups in total. The van der Waals surface area contributed by atoms with E-state index in [4.69, 9.17) is 27.7 Å². The van der Waals surface area contributed by atoms with Crippen LogP contribution in [0.2, 0.25) is 10.0 Å². The summed E-state index contributed by atoms with van der Waals surface area (Å²) in [5, 5.41) is 5.16. The molecule has 0 radical (unpaired) electrons. The van der Waals surface area contributed by atoms with Crippen molar-refractivity contribution in [2.45, 2.75) is 26.3 Å². The third-order valence-corrected chi connectivity index (χ3v) is 4.95. The zero-order chi connectivity index (χ0) is 17.8. The number of hydrogen-bond donors (Lipinski definition) is 0. The van der Waals surface area contributed by atoms with Crippen molar-refractivity contribution < 1.29 is 9.32 Å². The van der Waals surface area contributed by atoms with Crippen LogP contribution in [0, 0.1) is 6.92 Å². The number of carbonyl (C=O) groups is 1. The van der Waals surface area contributed by atoms with Crippen LogP contribution < -0.4 is 0 Å². The quantitative estimate of drug-likeness (QED) is 0.811. The maximum Gasteiger partial charge on any atom is 0.227 e. The number of halogens is 2. The largest absolute Gasteiger partial charge is 0.361 e. The van der Waals surface area contributed by atoms with E-state index in [1.54, 1.807) is 12.1 Å². The van der Waals surface area contributed by atoms with Gasteiger partial charge in [-0.3, -0.25) is 9.69 Å². The molecule has 1 fully saturated rings. The van der Waals surface area contributed by atoms with Crippen LogP contribution in [0.25, 0.3) is 0 Å². The molecule has 1 aliphatic rings. The van der Waals surface area contributed by atoms with Crippen molar-refractivity contribution in [1.82, 2.24) is 15.0 Å². The molecule has 1 amide bonds. The molecule has 1 aromatic heterocycles. The molecular formula is C18H21Cl2N3O2. The van der Waals surface area contributed by atoms with Gasteiger partial charge in [-0.1, -0.05) is 34.4 Å². The molecule has 1 saturated heterocycles. The van der Waals surface area contributed by atoms with Crippen molar-refractivity contribution in [1.29, 1.82) is 0 Å². The third-order valence-electron chi connectivity index (χ3n) is 4.36. The predicted molar refractivity (Wildman–Crippen MR) is 97.9 cm³/mol. The van der Waals surface area contributed by atoms with Crippen LogP contribution in [0.5, 0.6) is 0 Å². The molecule has 0 spiro atoms. The lowest BCUT2D eigenvalue weighted by Crippen LogP contribution is -2.36. The standard InChI is InChI=1S/C18H21Cl2N3O2/c1-13-9-16(21-25-13)12-22-5-2-6-23(8-7-22)18(24)10-14-3-4-15(19)11-17(14)20/h3-4,9,11H,2,5-8,10,12H2,1H3. The minimum absolute atomic E-state index is 0.100. The first kappa shape index (κ1) is 18.2. The topological polar surface area (TPSA) is 49.6 Å². The van der Waals surface area contributed by atoms with Crippen molar-refractivity contribution in [3.05, 3.63) is 51.3 Å². The minimum atomic E-state index is 0.100. The summed E-state index contributed by atoms with van der Waals surface area (Å²) in [6.45, 7) is 5.88. The minimum Gasteiger partial charge on any atom is -0.361 e. The van der Waals surface area contributed by atoms with Gasteiger partial charge in [-0.05, 0) is 31.0 Å². The Kier molecular flexibility index (Phi) is 5.99. The van der Waals surface area contributed by atoms with Gasteiger partial charge < -0.3 is 9.42 Å². The molecule has 3 rings (SSSR count). The van der Waals surface area contributed by atoms with E-state index in [2.05, 4.69) is 10.1 Å². The van der Waals surface area contributed by atoms with E-state index >= 15 is 0 Å². The summed E-state index contributed by atoms with van der Waals surface area (Å²) in [6, 6.07) is 7.21. The highest BCUT2D eigenvalue weighted by atomic mass is 35.5. The van der Waals surface area contributed by atoms with E-state index in [9.17, 15) is 4.79 Å². The normalized spacial score (nSPS) is 16.0. The Morgan fingerprint density at radius 3 is 2.76 bits per heavy atom. The average molecular weight is 382 g/mol. The van der Waals surface area contributed by atoms with Crippen LogP contribution in [-0.2, 0) is 17.8 Å². The van der Waals surface area contributed by atoms with E-state index in [1.165, 1.54) is 0 Å². The fraction of sp³-hybridized carbons (Fsp3) is 0.444. The molecular weight excluding hydrogens is 361 g/mol. The number of hydrogen-bond acceptors (Lipinski definition) is 4. The second-order valence-electron chi connectivity index (χ2n) is 6.35. The number of carbonyl (C=O) groups excluding carboxylic acids is 1. The van der Waals surface area contributed by atoms with E-state index in [1.807, 2.05) is 24.0 Å². The highest BCUT2D eigenvalue weighted by molar-refractivity contribution is 6.35. The van der Waals surface area contributed by atoms with E-state index in [-0.39, 0.29) is 5.91 Å². The molecule has 134 valence electrons. The lowest BCUT2D eigenvalue weighted by Gasteiger charge is -2.21. The summed E-state index contributed by atoms with van der Waals surface area (Å²) < 4.78 is 5.12. The summed E-state index contributed by atoms with van der Waals surface area (Å²) >= 11 is 12.1. The van der Waals surface area contributed by atoms with Gasteiger partial charge in [0.25, 0.3) is 0 Å². The Balaban J connectivity index is 1.55. The molecule has 7 heteroatoms. The van der Waals surface area contributed by atoms with Gasteiger partial charge in [0.2, 0.25) is 5.91 Å². The number of amides is 1. The van der Waals surface area contributed by atoms with Crippen LogP contribution >= 0.6 is 23.2 Å². The van der Waals surface area contributed by atoms with Gasteiger partial charge in [0.15, 0.2) is 0 Å². The second kappa shape index (κ2) is 8.21. The SMILES string of the molecule is Cc1cc(CN2CCCN(C(=O)Cc3ccc(Cl)cc3Cl)CC2)no1. The molecule has 0 atom stereocenters. The zero-order valence-electron chi connectivity index (χ0n) is 14.2. The highest BCUT2D eigenvalue weighted by Crippen LogP contribution is 2.22. The molecule has 0 bridgehead atoms. The number of benzene rings is 1. The van der Waals surface area contributed by atoms with E-state index in [0.29, 0.717) is 23.0 Å². The monoisotopic (exact) mass is 381 g/mol. The zero-order valence-corrected chi connectivity index (χ0v) is 15.7. The lowest BCUT2D eigenvalue weighted by molar-refractivity contribution is -0.130. The first-order valence-electron chi connectivity index (χ1n) is 8.37. The number of rotatable bonds is 4. The van der Waals surface area contributed by atoms with Crippen LogP contribution in [0.3, 0.4) is 0 Å². The highest BCUT2D eigenvalue weighted by Gasteiger charge is 2.20. The Hall–Kier alpha value is -1.56. The van der Waals surface area contributed by atoms with Gasteiger partial charge in [-0.15, -0.1) is 0 Å². The van der Waals surface area contributed by atoms with Crippen molar-refractivity contribution in [3.8, 4) is 0 Å². The molecule has 5 nitrogen and oxygen atoms in total. The second-order valence-corrected chi connectivity index (χ2v) is 7.20. The summed E-state index contributed by atoms with van der Waals surface area (Å²) in [4.78, 5) is 16.8. The summed E-state index contributed by atoms with van der Waals surface area (Å²) in [5.41, 5.74) is 1.75. The smallest absolute Gasteiger partial charge is 0.227 e. The first-order valence-corrected chi connectivity index (χ1v) is 9.13. The van der Waals surface area contributed by atoms with Crippen LogP contribution in [0.4, 0.5) is 0 Å². The third kappa shape index (κ3) is 4.97. The predicted octanol–water partition coefficient (Wildman–Crippen LogP) is 3.57. The molecule has 2 heterocycles. The lowest BCUT2D eigenvalue weighted by atomic mass is 10.1. The van der Waals surface area contributed by atoms with Gasteiger partial charge in [0.05, 0.1) is 12.1 Å². The van der Waals surface area contributed by atoms with E-state index < -0.39 is 0 Å². The average Bonchev–Trinajstić information content (AvgIpc) is 2.83. The fourth-order valence-corrected chi connectivity index (χ4v) is 3.52. The molecule has 1 aliphatic heterocycles. The number of aryl methyl sites for hydroxylation is 1. The fourth-order valence-electron chi connectivity index (χ4n) is 3.04. The molecule has 0 unspecified atom stereocenters. The molecule has 25 heavy (non-hydrogen) atoms. The number of aromatic nitrogens is 1. The Morgan fingerprint density at radius 1 is 1.20 bits per heavy atom. The summed E-state index contributed by atoms with van der Waals surface area (Å²) in [5.74, 6) is 0.921. The van der Waals surface area contributed by atoms with Gasteiger partial charge >= 0.3 is 0 Å². The molecule has 1 aromatic carbocycles. The van der Waals surface area contributed by atoms with Gasteiger partial charge in [0, 0.05) is 48.8 Å². The molecule has 0 aliphatic carbocycles. The number of nitrogens with zero attached hydrogens (tertiary/aromatic N) is 3. The summed E-state index contributed by atoms with van der Waals surface area (Å²) in [6.07, 6.45) is 1.25. The Morgan fingerprint density at radius 2 is 2.04 bits per heavy atom. The van der Waals surface area contributed by atoms with E-state index in [0.717, 1.165) is 49.6 Å². The Bertz CT molecular complexity index is 748. The Labute approximate surface area is 157 Å². The van der Waals surface area contributed by atoms with Gasteiger partial charge in [-0.25, -0.2) is 0 Å². The van der Waals surface area contributed by atoms with Crippen LogP contribution in [0.1, 0.15) is 23.4 Å². The van der Waals surface area contributed by atoms with Crippen molar-refractivity contribution in [2.75, 3.05) is 26.2 Å². The van der Waals surface area contributed by atoms with Gasteiger partial charge in [-0.2, -0.15) is 0 Å². The molecule has 2 aromatic rings. The first-order chi connectivity index (χ1) is 12.0. The van der Waals surface area contributed by atoms with Crippen molar-refractivity contribution >= 4 is 29.1 Å². The van der Waals surface area contributed by atoms with Crippen molar-refractivity contribution in [3.63, 3.8) is 0 Å².